The van der Waals surface area contributed by atoms with Gasteiger partial charge in [0.15, 0.2) is 0 Å². The zero-order chi connectivity index (χ0) is 24.6. The molecule has 8 nitrogen and oxygen atoms in total. The van der Waals surface area contributed by atoms with Crippen LogP contribution in [0, 0.1) is 0 Å². The van der Waals surface area contributed by atoms with Crippen LogP contribution in [0.1, 0.15) is 21.6 Å². The number of nitrogens with zero attached hydrogens (tertiary/aromatic N) is 2. The lowest BCUT2D eigenvalue weighted by Gasteiger charge is -2.07. The van der Waals surface area contributed by atoms with Gasteiger partial charge in [-0.05, 0) is 66.2 Å². The summed E-state index contributed by atoms with van der Waals surface area (Å²) < 4.78 is 16.3. The van der Waals surface area contributed by atoms with Crippen molar-refractivity contribution >= 4 is 23.7 Å². The Bertz CT molecular complexity index is 1320. The molecule has 9 heteroatoms. The van der Waals surface area contributed by atoms with E-state index in [0.29, 0.717) is 34.4 Å². The number of nitrogens with one attached hydrogen (secondary N) is 2. The van der Waals surface area contributed by atoms with Crippen LogP contribution < -0.4 is 19.6 Å². The summed E-state index contributed by atoms with van der Waals surface area (Å²) in [7, 11) is 3.13. The summed E-state index contributed by atoms with van der Waals surface area (Å²) in [6.45, 7) is 0.436. The first-order chi connectivity index (χ1) is 17.1. The first-order valence-electron chi connectivity index (χ1n) is 10.6. The highest BCUT2D eigenvalue weighted by Crippen LogP contribution is 2.23. The summed E-state index contributed by atoms with van der Waals surface area (Å²) in [5.74, 6) is 1.55. The Labute approximate surface area is 207 Å². The zero-order valence-corrected chi connectivity index (χ0v) is 19.9. The molecule has 4 rings (SSSR count). The topological polar surface area (TPSA) is 97.8 Å². The minimum atomic E-state index is -0.426. The number of amides is 1. The maximum absolute atomic E-state index is 12.5. The highest BCUT2D eigenvalue weighted by Gasteiger charge is 2.11. The van der Waals surface area contributed by atoms with Crippen LogP contribution in [0.4, 0.5) is 0 Å². The largest absolute Gasteiger partial charge is 0.497 e. The number of halogens is 1. The SMILES string of the molecule is COc1ccc(OC)c(/C=N\NC(=O)c2cc(-c3ccc(OCc4ccc(Cl)cc4)cc3)n[nH]2)c1. The quantitative estimate of drug-likeness (QED) is 0.251. The van der Waals surface area contributed by atoms with E-state index < -0.39 is 5.91 Å². The highest BCUT2D eigenvalue weighted by atomic mass is 35.5. The van der Waals surface area contributed by atoms with Gasteiger partial charge in [-0.1, -0.05) is 23.7 Å². The third-order valence-corrected chi connectivity index (χ3v) is 5.35. The number of hydrogen-bond acceptors (Lipinski definition) is 6. The van der Waals surface area contributed by atoms with E-state index in [9.17, 15) is 4.79 Å². The number of methoxy groups -OCH3 is 2. The normalized spacial score (nSPS) is 10.8. The monoisotopic (exact) mass is 490 g/mol. The van der Waals surface area contributed by atoms with Crippen LogP contribution in [0.25, 0.3) is 11.3 Å². The van der Waals surface area contributed by atoms with Gasteiger partial charge in [-0.15, -0.1) is 0 Å². The molecule has 0 aliphatic rings. The number of rotatable bonds is 9. The third-order valence-electron chi connectivity index (χ3n) is 5.10. The predicted octanol–water partition coefficient (Wildman–Crippen LogP) is 5.09. The van der Waals surface area contributed by atoms with Gasteiger partial charge in [0.05, 0.1) is 26.1 Å². The average molecular weight is 491 g/mol. The second-order valence-corrected chi connectivity index (χ2v) is 7.85. The molecule has 0 radical (unpaired) electrons. The molecular weight excluding hydrogens is 468 g/mol. The van der Waals surface area contributed by atoms with Crippen LogP contribution >= 0.6 is 11.6 Å². The Hall–Kier alpha value is -4.30. The van der Waals surface area contributed by atoms with Crippen molar-refractivity contribution in [3.8, 4) is 28.5 Å². The molecule has 2 N–H and O–H groups in total. The summed E-state index contributed by atoms with van der Waals surface area (Å²) in [5.41, 5.74) is 5.90. The van der Waals surface area contributed by atoms with E-state index in [1.54, 1.807) is 38.5 Å². The molecule has 0 saturated heterocycles. The van der Waals surface area contributed by atoms with Gasteiger partial charge >= 0.3 is 0 Å². The molecule has 1 amide bonds. The van der Waals surface area contributed by atoms with Crippen molar-refractivity contribution in [2.24, 2.45) is 5.10 Å². The molecule has 0 atom stereocenters. The van der Waals surface area contributed by atoms with E-state index in [1.165, 1.54) is 6.21 Å². The first kappa shape index (κ1) is 23.8. The van der Waals surface area contributed by atoms with Crippen molar-refractivity contribution in [1.82, 2.24) is 15.6 Å². The van der Waals surface area contributed by atoms with Crippen molar-refractivity contribution < 1.29 is 19.0 Å². The lowest BCUT2D eigenvalue weighted by atomic mass is 10.1. The zero-order valence-electron chi connectivity index (χ0n) is 19.1. The van der Waals surface area contributed by atoms with Crippen LogP contribution in [0.5, 0.6) is 17.2 Å². The Morgan fingerprint density at radius 2 is 1.74 bits per heavy atom. The standard InChI is InChI=1S/C26H23ClN4O4/c1-33-22-11-12-25(34-2)19(13-22)15-28-31-26(32)24-14-23(29-30-24)18-5-9-21(10-6-18)35-16-17-3-7-20(27)8-4-17/h3-15H,16H2,1-2H3,(H,29,30)(H,31,32)/b28-15-. The number of carbonyl (C=O) groups is 1. The van der Waals surface area contributed by atoms with Crippen molar-refractivity contribution in [1.29, 1.82) is 0 Å². The lowest BCUT2D eigenvalue weighted by Crippen LogP contribution is -2.18. The Balaban J connectivity index is 1.35. The fourth-order valence-electron chi connectivity index (χ4n) is 3.22. The molecule has 0 spiro atoms. The predicted molar refractivity (Wildman–Crippen MR) is 134 cm³/mol. The highest BCUT2D eigenvalue weighted by molar-refractivity contribution is 6.30. The maximum Gasteiger partial charge on any atom is 0.289 e. The Morgan fingerprint density at radius 3 is 2.46 bits per heavy atom. The van der Waals surface area contributed by atoms with Gasteiger partial charge in [-0.25, -0.2) is 5.43 Å². The lowest BCUT2D eigenvalue weighted by molar-refractivity contribution is 0.0950. The van der Waals surface area contributed by atoms with Gasteiger partial charge in [0, 0.05) is 16.1 Å². The molecule has 3 aromatic carbocycles. The third kappa shape index (κ3) is 6.18. The van der Waals surface area contributed by atoms with Crippen LogP contribution in [0.15, 0.2) is 77.9 Å². The summed E-state index contributed by atoms with van der Waals surface area (Å²) in [6, 6.07) is 21.9. The number of aromatic amines is 1. The van der Waals surface area contributed by atoms with Gasteiger partial charge in [0.1, 0.15) is 29.5 Å². The van der Waals surface area contributed by atoms with Crippen molar-refractivity contribution in [2.45, 2.75) is 6.61 Å². The number of carbonyl (C=O) groups excluding carboxylic acids is 1. The van der Waals surface area contributed by atoms with Gasteiger partial charge in [-0.2, -0.15) is 10.2 Å². The number of H-pyrrole nitrogens is 1. The second-order valence-electron chi connectivity index (χ2n) is 7.41. The summed E-state index contributed by atoms with van der Waals surface area (Å²) in [6.07, 6.45) is 1.49. The minimum absolute atomic E-state index is 0.276. The van der Waals surface area contributed by atoms with Gasteiger partial charge < -0.3 is 14.2 Å². The molecular formula is C26H23ClN4O4. The molecule has 0 saturated carbocycles. The van der Waals surface area contributed by atoms with E-state index in [4.69, 9.17) is 25.8 Å². The second kappa shape index (κ2) is 11.2. The molecule has 35 heavy (non-hydrogen) atoms. The van der Waals surface area contributed by atoms with E-state index in [0.717, 1.165) is 16.9 Å². The molecule has 1 heterocycles. The fourth-order valence-corrected chi connectivity index (χ4v) is 3.34. The molecule has 0 aliphatic carbocycles. The molecule has 0 bridgehead atoms. The Morgan fingerprint density at radius 1 is 1.00 bits per heavy atom. The number of hydrogen-bond donors (Lipinski definition) is 2. The molecule has 1 aromatic heterocycles. The first-order valence-corrected chi connectivity index (χ1v) is 11.0. The van der Waals surface area contributed by atoms with E-state index in [-0.39, 0.29) is 5.69 Å². The van der Waals surface area contributed by atoms with E-state index >= 15 is 0 Å². The van der Waals surface area contributed by atoms with Crippen LogP contribution in [-0.4, -0.2) is 36.5 Å². The van der Waals surface area contributed by atoms with Crippen molar-refractivity contribution in [3.63, 3.8) is 0 Å². The van der Waals surface area contributed by atoms with Gasteiger partial charge in [-0.3, -0.25) is 9.89 Å². The number of benzene rings is 3. The molecule has 0 aliphatic heterocycles. The molecule has 4 aromatic rings. The summed E-state index contributed by atoms with van der Waals surface area (Å²) in [5, 5.41) is 11.7. The molecule has 0 unspecified atom stereocenters. The van der Waals surface area contributed by atoms with Crippen LogP contribution in [0.3, 0.4) is 0 Å². The molecule has 0 fully saturated rings. The van der Waals surface area contributed by atoms with Crippen LogP contribution in [0.2, 0.25) is 5.02 Å². The summed E-state index contributed by atoms with van der Waals surface area (Å²) in [4.78, 5) is 12.5. The number of ether oxygens (including phenoxy) is 3. The smallest absolute Gasteiger partial charge is 0.289 e. The van der Waals surface area contributed by atoms with Gasteiger partial charge in [0.25, 0.3) is 5.91 Å². The van der Waals surface area contributed by atoms with Crippen molar-refractivity contribution in [3.05, 3.63) is 94.6 Å². The van der Waals surface area contributed by atoms with E-state index in [2.05, 4.69) is 20.7 Å². The van der Waals surface area contributed by atoms with Crippen LogP contribution in [-0.2, 0) is 6.61 Å². The number of aromatic nitrogens is 2. The van der Waals surface area contributed by atoms with Crippen molar-refractivity contribution in [2.75, 3.05) is 14.2 Å². The summed E-state index contributed by atoms with van der Waals surface area (Å²) >= 11 is 5.91. The average Bonchev–Trinajstić information content (AvgIpc) is 3.39. The van der Waals surface area contributed by atoms with E-state index in [1.807, 2.05) is 48.5 Å². The Kier molecular flexibility index (Phi) is 7.64. The fraction of sp³-hybridized carbons (Fsp3) is 0.115. The minimum Gasteiger partial charge on any atom is -0.497 e. The maximum atomic E-state index is 12.5. The molecule has 178 valence electrons. The number of hydrazone groups is 1. The van der Waals surface area contributed by atoms with Gasteiger partial charge in [0.2, 0.25) is 0 Å².